The van der Waals surface area contributed by atoms with E-state index in [0.29, 0.717) is 12.0 Å². The molecule has 2 rings (SSSR count). The molecule has 0 saturated carbocycles. The van der Waals surface area contributed by atoms with Crippen LogP contribution in [0.3, 0.4) is 0 Å². The maximum absolute atomic E-state index is 4.24. The molecule has 0 aromatic carbocycles. The largest absolute Gasteiger partial charge is 0.262 e. The molecule has 1 aromatic heterocycles. The van der Waals surface area contributed by atoms with Crippen LogP contribution in [0.25, 0.3) is 5.57 Å². The van der Waals surface area contributed by atoms with E-state index < -0.39 is 0 Å². The van der Waals surface area contributed by atoms with Gasteiger partial charge in [0.05, 0.1) is 0 Å². The van der Waals surface area contributed by atoms with E-state index in [4.69, 9.17) is 0 Å². The molecule has 0 amide bonds. The topological polar surface area (TPSA) is 12.0 Å². The van der Waals surface area contributed by atoms with Crippen molar-refractivity contribution in [2.75, 3.05) is 6.54 Å². The third-order valence-corrected chi connectivity index (χ3v) is 5.78. The number of thiophene rings is 1. The van der Waals surface area contributed by atoms with Gasteiger partial charge >= 0.3 is 0 Å². The van der Waals surface area contributed by atoms with Gasteiger partial charge in [0.2, 0.25) is 0 Å². The van der Waals surface area contributed by atoms with Crippen LogP contribution in [0.2, 0.25) is 0 Å². The van der Waals surface area contributed by atoms with E-state index in [9.17, 15) is 0 Å². The lowest BCUT2D eigenvalue weighted by Crippen LogP contribution is -2.21. The minimum absolute atomic E-state index is 0.430. The van der Waals surface area contributed by atoms with Gasteiger partial charge in [0, 0.05) is 16.3 Å². The van der Waals surface area contributed by atoms with Crippen LogP contribution >= 0.6 is 24.2 Å². The Bertz CT molecular complexity index is 591. The Hall–Kier alpha value is -0.770. The van der Waals surface area contributed by atoms with Gasteiger partial charge in [-0.1, -0.05) is 52.0 Å². The first-order valence-corrected chi connectivity index (χ1v) is 8.63. The van der Waals surface area contributed by atoms with E-state index in [1.165, 1.54) is 29.7 Å². The number of allylic oxidation sites excluding steroid dienone is 2. The molecule has 0 radical (unpaired) electrons. The SMILES string of the molecule is C=C(/C=C\C(=C)c1sc2c(c1C)CC(C)(C)CC2)CNS. The first-order chi connectivity index (χ1) is 9.84. The minimum atomic E-state index is 0.430. The number of thiol groups is 1. The monoisotopic (exact) mass is 319 g/mol. The Morgan fingerprint density at radius 1 is 1.38 bits per heavy atom. The lowest BCUT2D eigenvalue weighted by molar-refractivity contribution is 0.317. The molecular formula is C18H25NS2. The summed E-state index contributed by atoms with van der Waals surface area (Å²) in [6.45, 7) is 15.9. The predicted octanol–water partition coefficient (Wildman–Crippen LogP) is 5.13. The van der Waals surface area contributed by atoms with Crippen molar-refractivity contribution >= 4 is 29.7 Å². The van der Waals surface area contributed by atoms with Crippen molar-refractivity contribution in [3.8, 4) is 0 Å². The molecule has 1 aliphatic carbocycles. The van der Waals surface area contributed by atoms with Crippen molar-refractivity contribution in [2.24, 2.45) is 5.41 Å². The second kappa shape index (κ2) is 6.55. The maximum atomic E-state index is 4.24. The average molecular weight is 320 g/mol. The second-order valence-electron chi connectivity index (χ2n) is 6.65. The highest BCUT2D eigenvalue weighted by molar-refractivity contribution is 7.78. The highest BCUT2D eigenvalue weighted by atomic mass is 32.1. The van der Waals surface area contributed by atoms with E-state index >= 15 is 0 Å². The molecule has 0 bridgehead atoms. The molecule has 0 atom stereocenters. The molecule has 0 aliphatic heterocycles. The number of nitrogens with one attached hydrogen (secondary N) is 1. The summed E-state index contributed by atoms with van der Waals surface area (Å²) in [5.41, 5.74) is 5.52. The molecule has 1 heterocycles. The molecule has 1 aromatic rings. The number of hydrogen-bond acceptors (Lipinski definition) is 3. The molecule has 0 fully saturated rings. The van der Waals surface area contributed by atoms with Crippen molar-refractivity contribution in [2.45, 2.75) is 40.0 Å². The summed E-state index contributed by atoms with van der Waals surface area (Å²) in [5, 5.41) is 0. The van der Waals surface area contributed by atoms with Gasteiger partial charge in [-0.2, -0.15) is 0 Å². The number of fused-ring (bicyclic) bond motifs is 1. The van der Waals surface area contributed by atoms with Crippen molar-refractivity contribution in [1.29, 1.82) is 0 Å². The summed E-state index contributed by atoms with van der Waals surface area (Å²) in [7, 11) is 0. The molecule has 114 valence electrons. The highest BCUT2D eigenvalue weighted by Crippen LogP contribution is 2.43. The Kier molecular flexibility index (Phi) is 5.18. The van der Waals surface area contributed by atoms with Crippen LogP contribution in [0, 0.1) is 12.3 Å². The van der Waals surface area contributed by atoms with Crippen LogP contribution in [0.5, 0.6) is 0 Å². The van der Waals surface area contributed by atoms with Gasteiger partial charge in [0.1, 0.15) is 0 Å². The Morgan fingerprint density at radius 3 is 2.76 bits per heavy atom. The first kappa shape index (κ1) is 16.6. The lowest BCUT2D eigenvalue weighted by Gasteiger charge is -2.29. The van der Waals surface area contributed by atoms with Gasteiger partial charge in [-0.05, 0) is 53.9 Å². The van der Waals surface area contributed by atoms with E-state index in [1.54, 1.807) is 10.4 Å². The smallest absolute Gasteiger partial charge is 0.0371 e. The summed E-state index contributed by atoms with van der Waals surface area (Å²) in [4.78, 5) is 2.90. The van der Waals surface area contributed by atoms with E-state index in [-0.39, 0.29) is 0 Å². The molecule has 0 spiro atoms. The molecule has 1 N–H and O–H groups in total. The van der Waals surface area contributed by atoms with Gasteiger partial charge in [0.15, 0.2) is 0 Å². The van der Waals surface area contributed by atoms with Crippen molar-refractivity contribution < 1.29 is 0 Å². The molecule has 3 heteroatoms. The maximum Gasteiger partial charge on any atom is 0.0371 e. The van der Waals surface area contributed by atoms with Crippen LogP contribution in [0.15, 0.2) is 30.9 Å². The third kappa shape index (κ3) is 3.91. The van der Waals surface area contributed by atoms with Crippen LogP contribution in [-0.2, 0) is 12.8 Å². The molecule has 0 saturated heterocycles. The lowest BCUT2D eigenvalue weighted by atomic mass is 9.76. The summed E-state index contributed by atoms with van der Waals surface area (Å²) < 4.78 is 2.81. The summed E-state index contributed by atoms with van der Waals surface area (Å²) in [6.07, 6.45) is 7.78. The average Bonchev–Trinajstić information content (AvgIpc) is 2.72. The molecular weight excluding hydrogens is 294 g/mol. The van der Waals surface area contributed by atoms with Crippen LogP contribution < -0.4 is 4.72 Å². The van der Waals surface area contributed by atoms with Crippen molar-refractivity contribution in [3.05, 3.63) is 51.8 Å². The van der Waals surface area contributed by atoms with Gasteiger partial charge < -0.3 is 0 Å². The van der Waals surface area contributed by atoms with E-state index in [2.05, 4.69) is 57.5 Å². The second-order valence-corrected chi connectivity index (χ2v) is 8.07. The Labute approximate surface area is 138 Å². The van der Waals surface area contributed by atoms with Crippen LogP contribution in [0.4, 0.5) is 0 Å². The zero-order valence-electron chi connectivity index (χ0n) is 13.3. The van der Waals surface area contributed by atoms with Crippen LogP contribution in [0.1, 0.15) is 41.1 Å². The molecule has 1 nitrogen and oxygen atoms in total. The van der Waals surface area contributed by atoms with Gasteiger partial charge in [0.25, 0.3) is 0 Å². The van der Waals surface area contributed by atoms with Crippen molar-refractivity contribution in [3.63, 3.8) is 0 Å². The standard InChI is InChI=1S/C18H25NS2/c1-12(11-19-20)6-7-13(2)17-14(3)15-10-18(4,5)9-8-16(15)21-17/h6-7,19-20H,1-2,8-11H2,3-5H3/b7-6-. The molecule has 1 aliphatic rings. The Balaban J connectivity index is 2.20. The zero-order chi connectivity index (χ0) is 15.6. The van der Waals surface area contributed by atoms with Crippen molar-refractivity contribution in [1.82, 2.24) is 4.72 Å². The molecule has 21 heavy (non-hydrogen) atoms. The fourth-order valence-electron chi connectivity index (χ4n) is 2.82. The summed E-state index contributed by atoms with van der Waals surface area (Å²) in [6, 6.07) is 0. The first-order valence-electron chi connectivity index (χ1n) is 7.37. The van der Waals surface area contributed by atoms with E-state index in [0.717, 1.165) is 11.1 Å². The third-order valence-electron chi connectivity index (χ3n) is 4.16. The minimum Gasteiger partial charge on any atom is -0.262 e. The van der Waals surface area contributed by atoms with Gasteiger partial charge in [-0.3, -0.25) is 4.72 Å². The fraction of sp³-hybridized carbons (Fsp3) is 0.444. The quantitative estimate of drug-likeness (QED) is 0.566. The van der Waals surface area contributed by atoms with E-state index in [1.807, 2.05) is 17.4 Å². The fourth-order valence-corrected chi connectivity index (χ4v) is 4.30. The van der Waals surface area contributed by atoms with Crippen LogP contribution in [-0.4, -0.2) is 6.54 Å². The normalized spacial score (nSPS) is 17.0. The highest BCUT2D eigenvalue weighted by Gasteiger charge is 2.29. The number of aryl methyl sites for hydroxylation is 1. The zero-order valence-corrected chi connectivity index (χ0v) is 15.0. The number of rotatable bonds is 5. The van der Waals surface area contributed by atoms with Gasteiger partial charge in [-0.15, -0.1) is 11.3 Å². The Morgan fingerprint density at radius 2 is 2.10 bits per heavy atom. The molecule has 0 unspecified atom stereocenters. The number of hydrogen-bond donors (Lipinski definition) is 2. The predicted molar refractivity (Wildman–Crippen MR) is 99.2 cm³/mol. The van der Waals surface area contributed by atoms with Gasteiger partial charge in [-0.25, -0.2) is 0 Å². The summed E-state index contributed by atoms with van der Waals surface area (Å²) >= 11 is 5.92. The summed E-state index contributed by atoms with van der Waals surface area (Å²) in [5.74, 6) is 0.